The maximum Gasteiger partial charge on any atom is 0.337 e. The first-order valence-electron chi connectivity index (χ1n) is 13.6. The number of unbranched alkanes of at least 4 members (excludes halogenated alkanes) is 14. The van der Waals surface area contributed by atoms with Crippen LogP contribution in [0.1, 0.15) is 136 Å². The van der Waals surface area contributed by atoms with Gasteiger partial charge in [0.05, 0.1) is 12.3 Å². The molecule has 0 aliphatic carbocycles. The summed E-state index contributed by atoms with van der Waals surface area (Å²) in [5.74, 6) is -6.93. The van der Waals surface area contributed by atoms with Gasteiger partial charge in [-0.25, -0.2) is 4.79 Å². The molecule has 0 amide bonds. The fourth-order valence-corrected chi connectivity index (χ4v) is 4.25. The van der Waals surface area contributed by atoms with Crippen molar-refractivity contribution < 1.29 is 39.2 Å². The van der Waals surface area contributed by atoms with Crippen LogP contribution < -0.4 is 0 Å². The first-order chi connectivity index (χ1) is 16.7. The van der Waals surface area contributed by atoms with Gasteiger partial charge >= 0.3 is 23.9 Å². The smallest absolute Gasteiger partial charge is 0.337 e. The minimum Gasteiger partial charge on any atom is -0.481 e. The molecule has 2 unspecified atom stereocenters. The van der Waals surface area contributed by atoms with Crippen LogP contribution in [0.4, 0.5) is 0 Å². The Labute approximate surface area is 210 Å². The van der Waals surface area contributed by atoms with Crippen molar-refractivity contribution in [3.05, 3.63) is 0 Å². The van der Waals surface area contributed by atoms with E-state index in [1.54, 1.807) is 0 Å². The van der Waals surface area contributed by atoms with Crippen LogP contribution in [0, 0.1) is 5.92 Å². The zero-order chi connectivity index (χ0) is 26.5. The van der Waals surface area contributed by atoms with E-state index in [9.17, 15) is 29.4 Å². The largest absolute Gasteiger partial charge is 0.481 e. The molecule has 0 saturated carbocycles. The number of carboxylic acid groups (broad SMARTS) is 2. The van der Waals surface area contributed by atoms with Crippen molar-refractivity contribution in [1.82, 2.24) is 0 Å². The minimum absolute atomic E-state index is 0.0189. The molecule has 8 heteroatoms. The average Bonchev–Trinajstić information content (AvgIpc) is 2.78. The second-order valence-corrected chi connectivity index (χ2v) is 9.63. The molecule has 0 heterocycles. The molecule has 0 aromatic heterocycles. The predicted molar refractivity (Wildman–Crippen MR) is 134 cm³/mol. The number of ether oxygens (including phenoxy) is 1. The summed E-state index contributed by atoms with van der Waals surface area (Å²) in [6.45, 7) is 4.26. The van der Waals surface area contributed by atoms with E-state index in [0.717, 1.165) is 44.9 Å². The van der Waals surface area contributed by atoms with Crippen LogP contribution >= 0.6 is 0 Å². The standard InChI is InChI=1S/C27H48O8/c1-3-5-7-9-10-11-12-13-14-16-17-19-22(27(34,26(32)33)21-23(28)29)25(31)35-24(30)20-18-15-8-6-4-2/h22,34H,3-21H2,1-2H3,(H,28,29)(H,32,33). The number of esters is 2. The lowest BCUT2D eigenvalue weighted by Crippen LogP contribution is -2.51. The van der Waals surface area contributed by atoms with E-state index in [4.69, 9.17) is 9.84 Å². The molecule has 204 valence electrons. The Morgan fingerprint density at radius 1 is 0.686 bits per heavy atom. The van der Waals surface area contributed by atoms with Crippen LogP contribution in [0.2, 0.25) is 0 Å². The van der Waals surface area contributed by atoms with E-state index >= 15 is 0 Å². The summed E-state index contributed by atoms with van der Waals surface area (Å²) in [6, 6.07) is 0. The molecular weight excluding hydrogens is 452 g/mol. The minimum atomic E-state index is -2.83. The molecule has 35 heavy (non-hydrogen) atoms. The number of hydrogen-bond acceptors (Lipinski definition) is 6. The molecule has 0 aliphatic rings. The number of aliphatic carboxylic acids is 2. The zero-order valence-electron chi connectivity index (χ0n) is 21.9. The van der Waals surface area contributed by atoms with Crippen molar-refractivity contribution in [1.29, 1.82) is 0 Å². The highest BCUT2D eigenvalue weighted by Gasteiger charge is 2.50. The molecule has 0 aliphatic heterocycles. The van der Waals surface area contributed by atoms with E-state index in [1.165, 1.54) is 38.5 Å². The summed E-state index contributed by atoms with van der Waals surface area (Å²) in [7, 11) is 0. The number of rotatable bonds is 23. The fourth-order valence-electron chi connectivity index (χ4n) is 4.25. The number of aliphatic hydroxyl groups is 1. The van der Waals surface area contributed by atoms with Crippen LogP contribution in [-0.4, -0.2) is 44.8 Å². The summed E-state index contributed by atoms with van der Waals surface area (Å²) >= 11 is 0. The van der Waals surface area contributed by atoms with Crippen LogP contribution in [0.3, 0.4) is 0 Å². The lowest BCUT2D eigenvalue weighted by atomic mass is 9.81. The molecule has 2 atom stereocenters. The monoisotopic (exact) mass is 500 g/mol. The zero-order valence-corrected chi connectivity index (χ0v) is 21.9. The Kier molecular flexibility index (Phi) is 19.1. The van der Waals surface area contributed by atoms with Gasteiger partial charge in [0.15, 0.2) is 5.60 Å². The van der Waals surface area contributed by atoms with E-state index in [0.29, 0.717) is 19.3 Å². The molecule has 0 fully saturated rings. The molecule has 0 bridgehead atoms. The summed E-state index contributed by atoms with van der Waals surface area (Å²) in [5, 5.41) is 29.3. The van der Waals surface area contributed by atoms with Gasteiger partial charge in [-0.3, -0.25) is 14.4 Å². The van der Waals surface area contributed by atoms with Gasteiger partial charge < -0.3 is 20.1 Å². The maximum atomic E-state index is 12.7. The van der Waals surface area contributed by atoms with E-state index in [1.807, 2.05) is 0 Å². The van der Waals surface area contributed by atoms with Crippen molar-refractivity contribution >= 4 is 23.9 Å². The highest BCUT2D eigenvalue weighted by atomic mass is 16.6. The second kappa shape index (κ2) is 20.3. The van der Waals surface area contributed by atoms with Gasteiger partial charge in [0.2, 0.25) is 0 Å². The van der Waals surface area contributed by atoms with Gasteiger partial charge in [0.1, 0.15) is 0 Å². The van der Waals surface area contributed by atoms with Crippen molar-refractivity contribution in [2.45, 2.75) is 141 Å². The van der Waals surface area contributed by atoms with E-state index in [-0.39, 0.29) is 12.8 Å². The van der Waals surface area contributed by atoms with Gasteiger partial charge in [0.25, 0.3) is 0 Å². The van der Waals surface area contributed by atoms with Gasteiger partial charge in [-0.05, 0) is 12.8 Å². The maximum absolute atomic E-state index is 12.7. The quantitative estimate of drug-likeness (QED) is 0.0879. The lowest BCUT2D eigenvalue weighted by Gasteiger charge is -2.29. The number of hydrogen-bond donors (Lipinski definition) is 3. The third-order valence-electron chi connectivity index (χ3n) is 6.45. The Balaban J connectivity index is 4.75. The third-order valence-corrected chi connectivity index (χ3v) is 6.45. The Bertz CT molecular complexity index is 618. The van der Waals surface area contributed by atoms with Crippen molar-refractivity contribution in [3.8, 4) is 0 Å². The summed E-state index contributed by atoms with van der Waals surface area (Å²) in [6.07, 6.45) is 14.9. The lowest BCUT2D eigenvalue weighted by molar-refractivity contribution is -0.184. The summed E-state index contributed by atoms with van der Waals surface area (Å²) in [4.78, 5) is 47.7. The first-order valence-corrected chi connectivity index (χ1v) is 13.6. The topological polar surface area (TPSA) is 138 Å². The molecule has 8 nitrogen and oxygen atoms in total. The molecule has 0 aromatic carbocycles. The molecule has 0 radical (unpaired) electrons. The highest BCUT2D eigenvalue weighted by Crippen LogP contribution is 2.29. The van der Waals surface area contributed by atoms with Crippen molar-refractivity contribution in [3.63, 3.8) is 0 Å². The van der Waals surface area contributed by atoms with Crippen molar-refractivity contribution in [2.24, 2.45) is 5.92 Å². The summed E-state index contributed by atoms with van der Waals surface area (Å²) < 4.78 is 4.85. The van der Waals surface area contributed by atoms with Gasteiger partial charge in [-0.1, -0.05) is 110 Å². The summed E-state index contributed by atoms with van der Waals surface area (Å²) in [5.41, 5.74) is -2.83. The Morgan fingerprint density at radius 3 is 1.54 bits per heavy atom. The van der Waals surface area contributed by atoms with Gasteiger partial charge in [0, 0.05) is 6.42 Å². The molecular formula is C27H48O8. The molecule has 0 aromatic rings. The SMILES string of the molecule is CCCCCCCCCCCCCC(C(=O)OC(=O)CCCCCCC)C(O)(CC(=O)O)C(=O)O. The number of carbonyl (C=O) groups excluding carboxylic acids is 2. The van der Waals surface area contributed by atoms with Gasteiger partial charge in [-0.2, -0.15) is 0 Å². The Hall–Kier alpha value is -1.96. The highest BCUT2D eigenvalue weighted by molar-refractivity contribution is 5.93. The molecule has 0 saturated heterocycles. The second-order valence-electron chi connectivity index (χ2n) is 9.63. The van der Waals surface area contributed by atoms with Crippen LogP contribution in [0.5, 0.6) is 0 Å². The van der Waals surface area contributed by atoms with E-state index in [2.05, 4.69) is 13.8 Å². The van der Waals surface area contributed by atoms with E-state index < -0.39 is 41.8 Å². The Morgan fingerprint density at radius 2 is 1.11 bits per heavy atom. The molecule has 3 N–H and O–H groups in total. The molecule has 0 rings (SSSR count). The normalized spacial score (nSPS) is 13.7. The first kappa shape index (κ1) is 33.0. The average molecular weight is 501 g/mol. The van der Waals surface area contributed by atoms with Crippen LogP contribution in [-0.2, 0) is 23.9 Å². The number of carbonyl (C=O) groups is 4. The van der Waals surface area contributed by atoms with Crippen molar-refractivity contribution in [2.75, 3.05) is 0 Å². The third kappa shape index (κ3) is 15.6. The van der Waals surface area contributed by atoms with Crippen LogP contribution in [0.25, 0.3) is 0 Å². The fraction of sp³-hybridized carbons (Fsp3) is 0.852. The van der Waals surface area contributed by atoms with Gasteiger partial charge in [-0.15, -0.1) is 0 Å². The molecule has 0 spiro atoms. The predicted octanol–water partition coefficient (Wildman–Crippen LogP) is 6.02. The van der Waals surface area contributed by atoms with Crippen LogP contribution in [0.15, 0.2) is 0 Å². The number of carboxylic acids is 2.